The van der Waals surface area contributed by atoms with Gasteiger partial charge in [0.2, 0.25) is 5.91 Å². The maximum Gasteiger partial charge on any atom is 0.243 e. The molecule has 1 aromatic rings. The summed E-state index contributed by atoms with van der Waals surface area (Å²) < 4.78 is 0.727. The Bertz CT molecular complexity index is 782. The summed E-state index contributed by atoms with van der Waals surface area (Å²) in [5, 5.41) is 0. The summed E-state index contributed by atoms with van der Waals surface area (Å²) in [7, 11) is 3.69. The van der Waals surface area contributed by atoms with E-state index in [1.54, 1.807) is 0 Å². The van der Waals surface area contributed by atoms with Crippen molar-refractivity contribution in [2.24, 2.45) is 5.41 Å². The lowest BCUT2D eigenvalue weighted by atomic mass is 9.75. The summed E-state index contributed by atoms with van der Waals surface area (Å²) in [5.74, 6) is 0.209. The van der Waals surface area contributed by atoms with Crippen LogP contribution in [0.5, 0.6) is 0 Å². The summed E-state index contributed by atoms with van der Waals surface area (Å²) in [6.45, 7) is 5.33. The van der Waals surface area contributed by atoms with E-state index in [1.807, 2.05) is 6.07 Å². The van der Waals surface area contributed by atoms with Crippen LogP contribution in [0.4, 0.5) is 5.69 Å². The van der Waals surface area contributed by atoms with Gasteiger partial charge in [-0.15, -0.1) is 0 Å². The Hall–Kier alpha value is -1.98. The molecule has 1 N–H and O–H groups in total. The Labute approximate surface area is 161 Å². The van der Waals surface area contributed by atoms with E-state index >= 15 is 0 Å². The number of allylic oxidation sites excluding steroid dienone is 2. The third kappa shape index (κ3) is 3.85. The molecule has 0 saturated heterocycles. The molecule has 0 aromatic heterocycles. The molecule has 3 rings (SSSR count). The van der Waals surface area contributed by atoms with E-state index < -0.39 is 0 Å². The predicted molar refractivity (Wildman–Crippen MR) is 108 cm³/mol. The third-order valence-electron chi connectivity index (χ3n) is 5.88. The minimum Gasteiger partial charge on any atom is -0.294 e. The zero-order chi connectivity index (χ0) is 19.7. The van der Waals surface area contributed by atoms with Crippen LogP contribution in [0.25, 0.3) is 5.57 Å². The van der Waals surface area contributed by atoms with Gasteiger partial charge in [0.25, 0.3) is 0 Å². The zero-order valence-electron chi connectivity index (χ0n) is 16.9. The van der Waals surface area contributed by atoms with Gasteiger partial charge in [0.15, 0.2) is 5.78 Å². The molecule has 1 aromatic carbocycles. The van der Waals surface area contributed by atoms with Crippen molar-refractivity contribution in [3.8, 4) is 0 Å². The highest BCUT2D eigenvalue weighted by atomic mass is 16.6. The van der Waals surface area contributed by atoms with E-state index in [9.17, 15) is 9.59 Å². The lowest BCUT2D eigenvalue weighted by Crippen LogP contribution is -2.45. The van der Waals surface area contributed by atoms with E-state index in [1.165, 1.54) is 18.5 Å². The molecule has 1 heterocycles. The first-order valence-electron chi connectivity index (χ1n) is 9.83. The lowest BCUT2D eigenvalue weighted by molar-refractivity contribution is -0.131. The Morgan fingerprint density at radius 3 is 2.67 bits per heavy atom. The molecule has 27 heavy (non-hydrogen) atoms. The first kappa shape index (κ1) is 19.8. The second kappa shape index (κ2) is 7.56. The highest BCUT2D eigenvalue weighted by Crippen LogP contribution is 2.52. The number of fused-ring (bicyclic) bond motifs is 2. The maximum atomic E-state index is 12.9. The van der Waals surface area contributed by atoms with Gasteiger partial charge in [0.1, 0.15) is 11.4 Å². The Morgan fingerprint density at radius 1 is 1.19 bits per heavy atom. The molecule has 5 heteroatoms. The third-order valence-corrected chi connectivity index (χ3v) is 5.88. The normalized spacial score (nSPS) is 23.2. The minimum absolute atomic E-state index is 0.00963. The number of hydrogen-bond acceptors (Lipinski definition) is 3. The number of hydroxylamine groups is 1. The fraction of sp³-hybridized carbons (Fsp3) is 0.545. The zero-order valence-corrected chi connectivity index (χ0v) is 16.9. The van der Waals surface area contributed by atoms with Gasteiger partial charge in [0.05, 0.1) is 31.8 Å². The van der Waals surface area contributed by atoms with Crippen molar-refractivity contribution in [3.63, 3.8) is 0 Å². The van der Waals surface area contributed by atoms with Crippen LogP contribution < -0.4 is 9.96 Å². The Kier molecular flexibility index (Phi) is 5.54. The number of benzene rings is 1. The molecule has 0 saturated carbocycles. The van der Waals surface area contributed by atoms with Crippen molar-refractivity contribution in [1.29, 1.82) is 0 Å². The predicted octanol–water partition coefficient (Wildman–Crippen LogP) is 3.98. The van der Waals surface area contributed by atoms with E-state index in [0.717, 1.165) is 47.8 Å². The van der Waals surface area contributed by atoms with Gasteiger partial charge in [0, 0.05) is 25.3 Å². The lowest BCUT2D eigenvalue weighted by Gasteiger charge is -2.38. The van der Waals surface area contributed by atoms with Gasteiger partial charge in [-0.3, -0.25) is 18.9 Å². The van der Waals surface area contributed by atoms with Crippen LogP contribution in [0, 0.1) is 5.41 Å². The fourth-order valence-corrected chi connectivity index (χ4v) is 4.59. The van der Waals surface area contributed by atoms with Gasteiger partial charge in [-0.25, -0.2) is 5.48 Å². The molecular weight excluding hydrogens is 340 g/mol. The number of carbonyl (C=O) groups is 2. The van der Waals surface area contributed by atoms with Crippen LogP contribution in [-0.2, 0) is 14.4 Å². The molecule has 1 amide bonds. The molecule has 0 bridgehead atoms. The quantitative estimate of drug-likeness (QED) is 0.448. The molecule has 1 atom stereocenters. The highest BCUT2D eigenvalue weighted by Gasteiger charge is 2.49. The number of rotatable bonds is 7. The number of amides is 1. The van der Waals surface area contributed by atoms with Gasteiger partial charge >= 0.3 is 0 Å². The molecule has 0 radical (unpaired) electrons. The van der Waals surface area contributed by atoms with Gasteiger partial charge in [-0.05, 0) is 30.7 Å². The molecule has 5 nitrogen and oxygen atoms in total. The summed E-state index contributed by atoms with van der Waals surface area (Å²) >= 11 is 0. The van der Waals surface area contributed by atoms with Crippen molar-refractivity contribution < 1.29 is 14.4 Å². The van der Waals surface area contributed by atoms with Crippen molar-refractivity contribution >= 4 is 23.0 Å². The summed E-state index contributed by atoms with van der Waals surface area (Å²) in [6, 6.07) is 8.36. The number of carbonyl (C=O) groups excluding carboxylic acids is 2. The van der Waals surface area contributed by atoms with Crippen LogP contribution in [0.15, 0.2) is 30.0 Å². The number of ketones is 1. The molecule has 0 fully saturated rings. The van der Waals surface area contributed by atoms with Crippen LogP contribution in [0.3, 0.4) is 0 Å². The maximum absolute atomic E-state index is 12.9. The Balaban J connectivity index is 1.76. The molecule has 1 unspecified atom stereocenters. The van der Waals surface area contributed by atoms with E-state index in [4.69, 9.17) is 0 Å². The highest BCUT2D eigenvalue weighted by molar-refractivity contribution is 6.25. The smallest absolute Gasteiger partial charge is 0.243 e. The van der Waals surface area contributed by atoms with Gasteiger partial charge in [-0.2, -0.15) is 0 Å². The SMILES string of the molecule is CONC(=O)CCCCC[N+]1(C)C2=C(C(=O)CC(C)(C)C2)c2ccccc21. The van der Waals surface area contributed by atoms with Crippen molar-refractivity contribution in [2.75, 3.05) is 20.7 Å². The van der Waals surface area contributed by atoms with E-state index in [2.05, 4.69) is 49.4 Å². The number of quaternary nitrogens is 1. The number of nitrogens with zero attached hydrogens (tertiary/aromatic N) is 1. The molecule has 146 valence electrons. The minimum atomic E-state index is -0.0750. The monoisotopic (exact) mass is 371 g/mol. The molecule has 1 aliphatic heterocycles. The van der Waals surface area contributed by atoms with Crippen molar-refractivity contribution in [3.05, 3.63) is 35.5 Å². The summed E-state index contributed by atoms with van der Waals surface area (Å²) in [4.78, 5) is 29.1. The number of para-hydroxylation sites is 1. The van der Waals surface area contributed by atoms with Crippen LogP contribution in [-0.4, -0.2) is 32.4 Å². The second-order valence-corrected chi connectivity index (χ2v) is 8.73. The summed E-state index contributed by atoms with van der Waals surface area (Å²) in [6.07, 6.45) is 4.88. The number of hydrogen-bond donors (Lipinski definition) is 1. The van der Waals surface area contributed by atoms with Gasteiger partial charge in [-0.1, -0.05) is 26.0 Å². The van der Waals surface area contributed by atoms with Crippen molar-refractivity contribution in [2.45, 2.75) is 52.4 Å². The average molecular weight is 372 g/mol. The first-order chi connectivity index (χ1) is 12.8. The fourth-order valence-electron chi connectivity index (χ4n) is 4.59. The second-order valence-electron chi connectivity index (χ2n) is 8.73. The van der Waals surface area contributed by atoms with Crippen LogP contribution in [0.1, 0.15) is 57.9 Å². The van der Waals surface area contributed by atoms with Gasteiger partial charge < -0.3 is 0 Å². The van der Waals surface area contributed by atoms with E-state index in [0.29, 0.717) is 12.8 Å². The molecule has 2 aliphatic rings. The summed E-state index contributed by atoms with van der Waals surface area (Å²) in [5.41, 5.74) is 6.97. The molecule has 0 spiro atoms. The molecular formula is C22H31N2O3+. The first-order valence-corrected chi connectivity index (χ1v) is 9.83. The van der Waals surface area contributed by atoms with Crippen LogP contribution >= 0.6 is 0 Å². The number of Topliss-reactive ketones (excluding diaryl/α,β-unsaturated/α-hetero) is 1. The average Bonchev–Trinajstić information content (AvgIpc) is 2.83. The topological polar surface area (TPSA) is 55.4 Å². The van der Waals surface area contributed by atoms with Crippen molar-refractivity contribution in [1.82, 2.24) is 9.96 Å². The number of nitrogens with one attached hydrogen (secondary N) is 1. The number of unbranched alkanes of at least 4 members (excludes halogenated alkanes) is 2. The van der Waals surface area contributed by atoms with Crippen LogP contribution in [0.2, 0.25) is 0 Å². The van der Waals surface area contributed by atoms with E-state index in [-0.39, 0.29) is 17.1 Å². The largest absolute Gasteiger partial charge is 0.294 e. The Morgan fingerprint density at radius 2 is 1.93 bits per heavy atom. The molecule has 1 aliphatic carbocycles. The standard InChI is InChI=1S/C22H30N2O3/c1-22(2)14-18-21(19(25)15-22)16-10-7-8-11-17(16)24(18,3)13-9-5-6-12-20(26)23-27-4/h7-8,10-11H,5-6,9,12-15H2,1-4H3/p+1.